The van der Waals surface area contributed by atoms with Crippen molar-refractivity contribution in [3.63, 3.8) is 0 Å². The van der Waals surface area contributed by atoms with Gasteiger partial charge in [-0.25, -0.2) is 4.79 Å². The first-order valence-electron chi connectivity index (χ1n) is 7.55. The molecule has 21 heavy (non-hydrogen) atoms. The van der Waals surface area contributed by atoms with Crippen LogP contribution in [0.1, 0.15) is 55.6 Å². The molecule has 1 N–H and O–H groups in total. The summed E-state index contributed by atoms with van der Waals surface area (Å²) in [5, 5.41) is 9.30. The summed E-state index contributed by atoms with van der Waals surface area (Å²) in [7, 11) is 0. The quantitative estimate of drug-likeness (QED) is 0.924. The van der Waals surface area contributed by atoms with Crippen LogP contribution in [0.25, 0.3) is 0 Å². The number of rotatable bonds is 4. The van der Waals surface area contributed by atoms with Crippen LogP contribution in [-0.4, -0.2) is 22.5 Å². The Labute approximate surface area is 124 Å². The summed E-state index contributed by atoms with van der Waals surface area (Å²) >= 11 is 0. The fourth-order valence-electron chi connectivity index (χ4n) is 3.04. The predicted octanol–water partition coefficient (Wildman–Crippen LogP) is 3.22. The highest BCUT2D eigenvalue weighted by Crippen LogP contribution is 2.44. The van der Waals surface area contributed by atoms with Crippen LogP contribution in [0.5, 0.6) is 5.75 Å². The van der Waals surface area contributed by atoms with Crippen LogP contribution in [-0.2, 0) is 9.59 Å². The highest BCUT2D eigenvalue weighted by molar-refractivity contribution is 5.82. The third kappa shape index (κ3) is 2.80. The zero-order valence-electron chi connectivity index (χ0n) is 12.2. The SMILES string of the molecule is Cc1ccc(C2CCCC(=O)C2)c(OC2(C(=O)O)CC2)c1. The van der Waals surface area contributed by atoms with Gasteiger partial charge in [-0.1, -0.05) is 12.1 Å². The van der Waals surface area contributed by atoms with E-state index in [1.54, 1.807) is 0 Å². The van der Waals surface area contributed by atoms with Gasteiger partial charge in [0.15, 0.2) is 0 Å². The van der Waals surface area contributed by atoms with Gasteiger partial charge in [-0.05, 0) is 42.9 Å². The molecule has 4 nitrogen and oxygen atoms in total. The largest absolute Gasteiger partial charge is 0.478 e. The molecule has 2 saturated carbocycles. The fraction of sp³-hybridized carbons (Fsp3) is 0.529. The number of hydrogen-bond acceptors (Lipinski definition) is 3. The molecule has 1 atom stereocenters. The minimum absolute atomic E-state index is 0.159. The van der Waals surface area contributed by atoms with Gasteiger partial charge in [-0.3, -0.25) is 4.79 Å². The van der Waals surface area contributed by atoms with Gasteiger partial charge in [0.2, 0.25) is 5.60 Å². The minimum Gasteiger partial charge on any atom is -0.478 e. The Hall–Kier alpha value is -1.84. The maximum Gasteiger partial charge on any atom is 0.348 e. The van der Waals surface area contributed by atoms with Gasteiger partial charge >= 0.3 is 5.97 Å². The number of aryl methyl sites for hydroxylation is 1. The number of carbonyl (C=O) groups excluding carboxylic acids is 1. The third-order valence-electron chi connectivity index (χ3n) is 4.49. The molecule has 2 aliphatic carbocycles. The minimum atomic E-state index is -1.04. The first kappa shape index (κ1) is 14.1. The number of aliphatic carboxylic acids is 1. The molecule has 0 saturated heterocycles. The number of carbonyl (C=O) groups is 2. The van der Waals surface area contributed by atoms with E-state index in [-0.39, 0.29) is 11.7 Å². The molecule has 1 aromatic rings. The summed E-state index contributed by atoms with van der Waals surface area (Å²) in [6.45, 7) is 1.96. The van der Waals surface area contributed by atoms with Crippen molar-refractivity contribution in [3.8, 4) is 5.75 Å². The van der Waals surface area contributed by atoms with Crippen molar-refractivity contribution in [3.05, 3.63) is 29.3 Å². The van der Waals surface area contributed by atoms with Crippen LogP contribution in [0.4, 0.5) is 0 Å². The van der Waals surface area contributed by atoms with E-state index >= 15 is 0 Å². The van der Waals surface area contributed by atoms with Crippen molar-refractivity contribution in [1.29, 1.82) is 0 Å². The lowest BCUT2D eigenvalue weighted by atomic mass is 9.82. The van der Waals surface area contributed by atoms with Crippen molar-refractivity contribution < 1.29 is 19.4 Å². The van der Waals surface area contributed by atoms with Crippen LogP contribution < -0.4 is 4.74 Å². The van der Waals surface area contributed by atoms with Gasteiger partial charge in [-0.2, -0.15) is 0 Å². The number of carboxylic acids is 1. The number of hydrogen-bond donors (Lipinski definition) is 1. The molecular weight excluding hydrogens is 268 g/mol. The number of benzene rings is 1. The first-order valence-corrected chi connectivity index (χ1v) is 7.55. The lowest BCUT2D eigenvalue weighted by Crippen LogP contribution is -2.29. The summed E-state index contributed by atoms with van der Waals surface area (Å²) in [5.74, 6) is 0.202. The molecule has 0 aliphatic heterocycles. The molecule has 0 amide bonds. The van der Waals surface area contributed by atoms with Crippen molar-refractivity contribution >= 4 is 11.8 Å². The van der Waals surface area contributed by atoms with Gasteiger partial charge in [0.1, 0.15) is 11.5 Å². The monoisotopic (exact) mass is 288 g/mol. The van der Waals surface area contributed by atoms with E-state index in [0.717, 1.165) is 24.0 Å². The van der Waals surface area contributed by atoms with Gasteiger partial charge in [0.05, 0.1) is 0 Å². The number of Topliss-reactive ketones (excluding diaryl/α,β-unsaturated/α-hetero) is 1. The van der Waals surface area contributed by atoms with E-state index in [1.165, 1.54) is 0 Å². The average molecular weight is 288 g/mol. The fourth-order valence-corrected chi connectivity index (χ4v) is 3.04. The second kappa shape index (κ2) is 5.17. The lowest BCUT2D eigenvalue weighted by molar-refractivity contribution is -0.147. The van der Waals surface area contributed by atoms with E-state index in [0.29, 0.717) is 31.4 Å². The Bertz CT molecular complexity index is 586. The third-order valence-corrected chi connectivity index (χ3v) is 4.49. The molecule has 4 heteroatoms. The number of ether oxygens (including phenoxy) is 1. The van der Waals surface area contributed by atoms with Crippen molar-refractivity contribution in [2.24, 2.45) is 0 Å². The van der Waals surface area contributed by atoms with E-state index in [1.807, 2.05) is 25.1 Å². The van der Waals surface area contributed by atoms with E-state index in [2.05, 4.69) is 0 Å². The van der Waals surface area contributed by atoms with Crippen LogP contribution >= 0.6 is 0 Å². The molecular formula is C17H20O4. The second-order valence-electron chi connectivity index (χ2n) is 6.27. The van der Waals surface area contributed by atoms with Gasteiger partial charge in [0, 0.05) is 25.7 Å². The molecule has 2 fully saturated rings. The molecule has 112 valence electrons. The highest BCUT2D eigenvalue weighted by atomic mass is 16.5. The number of ketones is 1. The zero-order valence-corrected chi connectivity index (χ0v) is 12.2. The molecule has 1 unspecified atom stereocenters. The maximum absolute atomic E-state index is 11.7. The van der Waals surface area contributed by atoms with Gasteiger partial charge < -0.3 is 9.84 Å². The highest BCUT2D eigenvalue weighted by Gasteiger charge is 2.53. The maximum atomic E-state index is 11.7. The van der Waals surface area contributed by atoms with E-state index in [4.69, 9.17) is 4.74 Å². The molecule has 0 spiro atoms. The van der Waals surface area contributed by atoms with E-state index in [9.17, 15) is 14.7 Å². The zero-order chi connectivity index (χ0) is 15.0. The lowest BCUT2D eigenvalue weighted by Gasteiger charge is -2.25. The van der Waals surface area contributed by atoms with Crippen molar-refractivity contribution in [2.75, 3.05) is 0 Å². The smallest absolute Gasteiger partial charge is 0.348 e. The normalized spacial score (nSPS) is 23.7. The van der Waals surface area contributed by atoms with E-state index < -0.39 is 11.6 Å². The van der Waals surface area contributed by atoms with Crippen LogP contribution in [0.2, 0.25) is 0 Å². The Kier molecular flexibility index (Phi) is 3.47. The van der Waals surface area contributed by atoms with Crippen molar-refractivity contribution in [1.82, 2.24) is 0 Å². The molecule has 1 aromatic carbocycles. The number of carboxylic acid groups (broad SMARTS) is 1. The summed E-state index contributed by atoms with van der Waals surface area (Å²) in [4.78, 5) is 23.0. The average Bonchev–Trinajstić information content (AvgIpc) is 3.20. The standard InChI is InChI=1S/C17H20O4/c1-11-5-6-14(12-3-2-4-13(18)10-12)15(9-11)21-17(7-8-17)16(19)20/h5-6,9,12H,2-4,7-8,10H2,1H3,(H,19,20). The predicted molar refractivity (Wildman–Crippen MR) is 77.6 cm³/mol. The summed E-state index contributed by atoms with van der Waals surface area (Å²) < 4.78 is 5.86. The summed E-state index contributed by atoms with van der Waals surface area (Å²) in [6.07, 6.45) is 4.18. The molecule has 0 heterocycles. The molecule has 0 bridgehead atoms. The Morgan fingerprint density at radius 2 is 2.14 bits per heavy atom. The summed E-state index contributed by atoms with van der Waals surface area (Å²) in [5.41, 5.74) is 0.986. The summed E-state index contributed by atoms with van der Waals surface area (Å²) in [6, 6.07) is 5.89. The molecule has 3 rings (SSSR count). The first-order chi connectivity index (χ1) is 10.00. The van der Waals surface area contributed by atoms with Crippen LogP contribution in [0, 0.1) is 6.92 Å². The molecule has 2 aliphatic rings. The van der Waals surface area contributed by atoms with Crippen LogP contribution in [0.3, 0.4) is 0 Å². The van der Waals surface area contributed by atoms with Crippen LogP contribution in [0.15, 0.2) is 18.2 Å². The second-order valence-corrected chi connectivity index (χ2v) is 6.27. The van der Waals surface area contributed by atoms with Gasteiger partial charge in [-0.15, -0.1) is 0 Å². The Balaban J connectivity index is 1.90. The molecule has 0 radical (unpaired) electrons. The Morgan fingerprint density at radius 3 is 2.76 bits per heavy atom. The topological polar surface area (TPSA) is 63.6 Å². The molecule has 0 aromatic heterocycles. The Morgan fingerprint density at radius 1 is 1.38 bits per heavy atom. The van der Waals surface area contributed by atoms with Gasteiger partial charge in [0.25, 0.3) is 0 Å². The van der Waals surface area contributed by atoms with Crippen molar-refractivity contribution in [2.45, 2.75) is 57.0 Å².